The molecule has 0 N–H and O–H groups in total. The Morgan fingerprint density at radius 1 is 1.16 bits per heavy atom. The van der Waals surface area contributed by atoms with Crippen molar-refractivity contribution in [3.8, 4) is 5.75 Å². The Morgan fingerprint density at radius 3 is 2.47 bits per heavy atom. The number of benzene rings is 1. The van der Waals surface area contributed by atoms with Gasteiger partial charge in [-0.2, -0.15) is 8.78 Å². The highest BCUT2D eigenvalue weighted by atomic mass is 19.3. The average molecular weight is 272 g/mol. The van der Waals surface area contributed by atoms with Crippen molar-refractivity contribution in [3.63, 3.8) is 0 Å². The molecule has 0 spiro atoms. The van der Waals surface area contributed by atoms with Crippen LogP contribution in [-0.4, -0.2) is 6.61 Å². The van der Waals surface area contributed by atoms with Crippen LogP contribution < -0.4 is 4.74 Å². The van der Waals surface area contributed by atoms with Crippen LogP contribution in [0, 0.1) is 5.82 Å². The largest absolute Gasteiger partial charge is 0.432 e. The summed E-state index contributed by atoms with van der Waals surface area (Å²) in [4.78, 5) is 0. The first kappa shape index (κ1) is 13.6. The molecule has 0 fully saturated rings. The van der Waals surface area contributed by atoms with Crippen molar-refractivity contribution in [1.82, 2.24) is 0 Å². The SMILES string of the molecule is CC1=CC(F)=C(c2ccc(OC(F)F)c(F)c2)CC1. The number of rotatable bonds is 3. The summed E-state index contributed by atoms with van der Waals surface area (Å²) >= 11 is 0. The van der Waals surface area contributed by atoms with Crippen molar-refractivity contribution >= 4 is 5.57 Å². The van der Waals surface area contributed by atoms with E-state index in [2.05, 4.69) is 4.74 Å². The zero-order valence-electron chi connectivity index (χ0n) is 10.2. The molecule has 1 aliphatic carbocycles. The fraction of sp³-hybridized carbons (Fsp3) is 0.286. The van der Waals surface area contributed by atoms with Gasteiger partial charge in [0.1, 0.15) is 5.83 Å². The van der Waals surface area contributed by atoms with Gasteiger partial charge in [-0.05, 0) is 49.1 Å². The van der Waals surface area contributed by atoms with Gasteiger partial charge < -0.3 is 4.74 Å². The maximum absolute atomic E-state index is 13.8. The summed E-state index contributed by atoms with van der Waals surface area (Å²) in [6.07, 6.45) is 2.56. The van der Waals surface area contributed by atoms with E-state index in [0.29, 0.717) is 24.0 Å². The molecule has 1 aromatic rings. The summed E-state index contributed by atoms with van der Waals surface area (Å²) in [7, 11) is 0. The first-order chi connectivity index (χ1) is 8.97. The Bertz CT molecular complexity index is 546. The number of hydrogen-bond donors (Lipinski definition) is 0. The van der Waals surface area contributed by atoms with Gasteiger partial charge in [-0.25, -0.2) is 8.78 Å². The zero-order valence-corrected chi connectivity index (χ0v) is 10.2. The minimum atomic E-state index is -3.09. The zero-order chi connectivity index (χ0) is 14.0. The molecular formula is C14H12F4O. The van der Waals surface area contributed by atoms with Crippen molar-refractivity contribution in [1.29, 1.82) is 0 Å². The highest BCUT2D eigenvalue weighted by Crippen LogP contribution is 2.33. The summed E-state index contributed by atoms with van der Waals surface area (Å²) in [6.45, 7) is -1.27. The normalized spacial score (nSPS) is 15.8. The monoisotopic (exact) mass is 272 g/mol. The van der Waals surface area contributed by atoms with Crippen LogP contribution >= 0.6 is 0 Å². The Balaban J connectivity index is 2.33. The standard InChI is InChI=1S/C14H12F4O/c1-8-2-4-10(11(15)6-8)9-3-5-13(12(16)7-9)19-14(17)18/h3,5-7,14H,2,4H2,1H3. The average Bonchev–Trinajstić information content (AvgIpc) is 2.31. The second-order valence-electron chi connectivity index (χ2n) is 4.34. The first-order valence-electron chi connectivity index (χ1n) is 5.78. The molecule has 5 heteroatoms. The molecule has 0 saturated carbocycles. The minimum absolute atomic E-state index is 0.348. The van der Waals surface area contributed by atoms with Crippen molar-refractivity contribution in [3.05, 3.63) is 47.1 Å². The molecule has 2 rings (SSSR count). The molecule has 1 nitrogen and oxygen atoms in total. The van der Waals surface area contributed by atoms with E-state index in [4.69, 9.17) is 0 Å². The predicted molar refractivity (Wildman–Crippen MR) is 64.1 cm³/mol. The quantitative estimate of drug-likeness (QED) is 0.715. The summed E-state index contributed by atoms with van der Waals surface area (Å²) in [5.74, 6) is -1.88. The van der Waals surface area contributed by atoms with E-state index in [9.17, 15) is 17.6 Å². The lowest BCUT2D eigenvalue weighted by atomic mass is 9.93. The fourth-order valence-electron chi connectivity index (χ4n) is 1.98. The third-order valence-electron chi connectivity index (χ3n) is 2.93. The van der Waals surface area contributed by atoms with Gasteiger partial charge in [0.2, 0.25) is 0 Å². The molecule has 0 unspecified atom stereocenters. The number of alkyl halides is 2. The first-order valence-corrected chi connectivity index (χ1v) is 5.78. The van der Waals surface area contributed by atoms with E-state index in [0.717, 1.165) is 17.7 Å². The Kier molecular flexibility index (Phi) is 3.93. The van der Waals surface area contributed by atoms with Crippen molar-refractivity contribution in [2.45, 2.75) is 26.4 Å². The van der Waals surface area contributed by atoms with Gasteiger partial charge in [0.05, 0.1) is 0 Å². The lowest BCUT2D eigenvalue weighted by Gasteiger charge is -2.15. The Morgan fingerprint density at radius 2 is 1.89 bits per heavy atom. The van der Waals surface area contributed by atoms with E-state index in [1.165, 1.54) is 12.1 Å². The summed E-state index contributed by atoms with van der Waals surface area (Å²) < 4.78 is 55.3. The number of allylic oxidation sites excluding steroid dienone is 4. The van der Waals surface area contributed by atoms with Gasteiger partial charge >= 0.3 is 6.61 Å². The lowest BCUT2D eigenvalue weighted by Crippen LogP contribution is -2.04. The van der Waals surface area contributed by atoms with E-state index in [-0.39, 0.29) is 0 Å². The van der Waals surface area contributed by atoms with Gasteiger partial charge in [0.15, 0.2) is 11.6 Å². The molecule has 0 bridgehead atoms. The second-order valence-corrected chi connectivity index (χ2v) is 4.34. The molecule has 0 heterocycles. The van der Waals surface area contributed by atoms with Gasteiger partial charge in [-0.1, -0.05) is 11.6 Å². The van der Waals surface area contributed by atoms with Crippen LogP contribution in [0.1, 0.15) is 25.3 Å². The third-order valence-corrected chi connectivity index (χ3v) is 2.93. The van der Waals surface area contributed by atoms with Gasteiger partial charge in [-0.15, -0.1) is 0 Å². The molecule has 102 valence electrons. The third kappa shape index (κ3) is 3.16. The number of hydrogen-bond acceptors (Lipinski definition) is 1. The molecule has 1 aliphatic rings. The number of ether oxygens (including phenoxy) is 1. The van der Waals surface area contributed by atoms with Crippen molar-refractivity contribution in [2.75, 3.05) is 0 Å². The fourth-order valence-corrected chi connectivity index (χ4v) is 1.98. The van der Waals surface area contributed by atoms with Crippen LogP contribution in [0.3, 0.4) is 0 Å². The topological polar surface area (TPSA) is 9.23 Å². The maximum atomic E-state index is 13.8. The molecule has 0 aromatic heterocycles. The molecule has 0 amide bonds. The van der Waals surface area contributed by atoms with Crippen LogP contribution in [0.5, 0.6) is 5.75 Å². The van der Waals surface area contributed by atoms with Gasteiger partial charge in [0.25, 0.3) is 0 Å². The number of halogens is 4. The molecular weight excluding hydrogens is 260 g/mol. The summed E-state index contributed by atoms with van der Waals surface area (Å²) in [5.41, 5.74) is 1.65. The lowest BCUT2D eigenvalue weighted by molar-refractivity contribution is -0.0521. The van der Waals surface area contributed by atoms with Crippen LogP contribution in [0.4, 0.5) is 17.6 Å². The van der Waals surface area contributed by atoms with Gasteiger partial charge in [-0.3, -0.25) is 0 Å². The van der Waals surface area contributed by atoms with Crippen molar-refractivity contribution < 1.29 is 22.3 Å². The van der Waals surface area contributed by atoms with Gasteiger partial charge in [0, 0.05) is 0 Å². The van der Waals surface area contributed by atoms with Crippen molar-refractivity contribution in [2.24, 2.45) is 0 Å². The smallest absolute Gasteiger partial charge is 0.387 e. The molecule has 0 saturated heterocycles. The molecule has 0 atom stereocenters. The van der Waals surface area contributed by atoms with E-state index in [1.54, 1.807) is 0 Å². The van der Waals surface area contributed by atoms with Crippen LogP contribution in [0.2, 0.25) is 0 Å². The molecule has 19 heavy (non-hydrogen) atoms. The van der Waals surface area contributed by atoms with E-state index >= 15 is 0 Å². The highest BCUT2D eigenvalue weighted by Gasteiger charge is 2.16. The predicted octanol–water partition coefficient (Wildman–Crippen LogP) is 4.85. The Labute approximate surface area is 108 Å². The molecule has 0 aliphatic heterocycles. The summed E-state index contributed by atoms with van der Waals surface area (Å²) in [6, 6.07) is 3.48. The van der Waals surface area contributed by atoms with Crippen LogP contribution in [-0.2, 0) is 0 Å². The van der Waals surface area contributed by atoms with E-state index in [1.807, 2.05) is 6.92 Å². The summed E-state index contributed by atoms with van der Waals surface area (Å²) in [5, 5.41) is 0. The maximum Gasteiger partial charge on any atom is 0.387 e. The second kappa shape index (κ2) is 5.47. The van der Waals surface area contributed by atoms with Crippen LogP contribution in [0.15, 0.2) is 35.7 Å². The van der Waals surface area contributed by atoms with Crippen LogP contribution in [0.25, 0.3) is 5.57 Å². The Hall–Kier alpha value is -1.78. The molecule has 1 aromatic carbocycles. The van der Waals surface area contributed by atoms with E-state index < -0.39 is 24.0 Å². The minimum Gasteiger partial charge on any atom is -0.432 e. The highest BCUT2D eigenvalue weighted by molar-refractivity contribution is 5.71. The molecule has 0 radical (unpaired) electrons.